The Hall–Kier alpha value is -3.86. The fourth-order valence-electron chi connectivity index (χ4n) is 3.57. The van der Waals surface area contributed by atoms with E-state index in [0.29, 0.717) is 0 Å². The molecule has 0 aliphatic carbocycles. The lowest BCUT2D eigenvalue weighted by molar-refractivity contribution is -0.115. The number of rotatable bonds is 9. The quantitative estimate of drug-likeness (QED) is 0.400. The van der Waals surface area contributed by atoms with Crippen molar-refractivity contribution in [1.82, 2.24) is 9.55 Å². The molecule has 0 bridgehead atoms. The van der Waals surface area contributed by atoms with E-state index < -0.39 is 0 Å². The number of carbonyl (C=O) groups excluding carboxylic acids is 1. The zero-order valence-electron chi connectivity index (χ0n) is 19.8. The van der Waals surface area contributed by atoms with Crippen molar-refractivity contribution < 1.29 is 4.79 Å². The lowest BCUT2D eigenvalue weighted by atomic mass is 10.0. The van der Waals surface area contributed by atoms with Crippen LogP contribution in [0.1, 0.15) is 33.3 Å². The van der Waals surface area contributed by atoms with E-state index in [1.807, 2.05) is 85.3 Å². The summed E-state index contributed by atoms with van der Waals surface area (Å²) in [5.41, 5.74) is 5.97. The highest BCUT2D eigenvalue weighted by Gasteiger charge is 2.15. The van der Waals surface area contributed by atoms with Crippen molar-refractivity contribution in [2.45, 2.75) is 33.7 Å². The second kappa shape index (κ2) is 11.1. The highest BCUT2D eigenvalue weighted by Crippen LogP contribution is 2.22. The molecule has 33 heavy (non-hydrogen) atoms. The van der Waals surface area contributed by atoms with Crippen molar-refractivity contribution in [2.75, 3.05) is 16.8 Å². The molecule has 0 atom stereocenters. The number of benzene rings is 2. The molecule has 2 aromatic carbocycles. The smallest absolute Gasteiger partial charge is 0.243 e. The summed E-state index contributed by atoms with van der Waals surface area (Å²) < 4.78 is 1.95. The first-order valence-corrected chi connectivity index (χ1v) is 11.1. The van der Waals surface area contributed by atoms with Gasteiger partial charge in [0, 0.05) is 35.5 Å². The molecule has 0 saturated carbocycles. The van der Waals surface area contributed by atoms with Crippen LogP contribution in [0.2, 0.25) is 0 Å². The first-order valence-electron chi connectivity index (χ1n) is 11.1. The number of aromatic nitrogens is 2. The van der Waals surface area contributed by atoms with Crippen molar-refractivity contribution >= 4 is 22.9 Å². The summed E-state index contributed by atoms with van der Waals surface area (Å²) in [7, 11) is 0. The van der Waals surface area contributed by atoms with Crippen LogP contribution in [0.5, 0.6) is 0 Å². The predicted octanol–water partition coefficient (Wildman–Crippen LogP) is 6.26. The van der Waals surface area contributed by atoms with E-state index in [1.165, 1.54) is 0 Å². The largest absolute Gasteiger partial charge is 0.360 e. The average Bonchev–Trinajstić information content (AvgIpc) is 3.32. The average molecular weight is 441 g/mol. The molecule has 0 fully saturated rings. The van der Waals surface area contributed by atoms with Gasteiger partial charge in [-0.05, 0) is 75.2 Å². The van der Waals surface area contributed by atoms with Crippen LogP contribution in [0.15, 0.2) is 97.6 Å². The SMILES string of the molecule is C=C(C)C=C(C=CC)c1ccc(NC(=O)CN(c2ccc(-n3ccnc3)cc2)C(C)C)cc1. The van der Waals surface area contributed by atoms with Gasteiger partial charge in [-0.2, -0.15) is 0 Å². The molecule has 1 N–H and O–H groups in total. The number of hydrogen-bond acceptors (Lipinski definition) is 3. The third kappa shape index (κ3) is 6.56. The van der Waals surface area contributed by atoms with Gasteiger partial charge in [0.05, 0.1) is 12.9 Å². The molecule has 5 heteroatoms. The normalized spacial score (nSPS) is 11.7. The van der Waals surface area contributed by atoms with Crippen LogP contribution in [0, 0.1) is 0 Å². The summed E-state index contributed by atoms with van der Waals surface area (Å²) in [6.07, 6.45) is 11.5. The molecule has 0 unspecified atom stereocenters. The third-order valence-corrected chi connectivity index (χ3v) is 5.17. The molecule has 170 valence electrons. The molecule has 3 aromatic rings. The Balaban J connectivity index is 1.68. The number of nitrogens with one attached hydrogen (secondary N) is 1. The molecule has 3 rings (SSSR count). The molecule has 0 radical (unpaired) electrons. The van der Waals surface area contributed by atoms with Gasteiger partial charge in [-0.15, -0.1) is 0 Å². The second-order valence-electron chi connectivity index (χ2n) is 8.28. The lowest BCUT2D eigenvalue weighted by Crippen LogP contribution is -2.38. The minimum atomic E-state index is -0.0544. The highest BCUT2D eigenvalue weighted by atomic mass is 16.2. The van der Waals surface area contributed by atoms with E-state index in [4.69, 9.17) is 0 Å². The van der Waals surface area contributed by atoms with E-state index in [0.717, 1.165) is 33.8 Å². The van der Waals surface area contributed by atoms with Crippen molar-refractivity contribution in [3.05, 3.63) is 103 Å². The van der Waals surface area contributed by atoms with Crippen molar-refractivity contribution in [3.63, 3.8) is 0 Å². The standard InChI is InChI=1S/C28H32N4O/c1-6-7-24(18-21(2)3)23-8-10-25(11-9-23)30-28(33)19-32(22(4)5)27-14-12-26(13-15-27)31-17-16-29-20-31/h6-18,20,22H,2,19H2,1,3-5H3,(H,30,33). The molecule has 0 aliphatic heterocycles. The Morgan fingerprint density at radius 3 is 2.39 bits per heavy atom. The number of nitrogens with zero attached hydrogens (tertiary/aromatic N) is 3. The van der Waals surface area contributed by atoms with Gasteiger partial charge < -0.3 is 14.8 Å². The van der Waals surface area contributed by atoms with Gasteiger partial charge in [-0.1, -0.05) is 42.5 Å². The van der Waals surface area contributed by atoms with Crippen LogP contribution in [-0.2, 0) is 4.79 Å². The lowest BCUT2D eigenvalue weighted by Gasteiger charge is -2.28. The van der Waals surface area contributed by atoms with E-state index in [-0.39, 0.29) is 18.5 Å². The van der Waals surface area contributed by atoms with Crippen molar-refractivity contribution in [2.24, 2.45) is 0 Å². The number of allylic oxidation sites excluding steroid dienone is 5. The maximum Gasteiger partial charge on any atom is 0.243 e. The fourth-order valence-corrected chi connectivity index (χ4v) is 3.57. The summed E-state index contributed by atoms with van der Waals surface area (Å²) in [6.45, 7) is 12.4. The Morgan fingerprint density at radius 1 is 1.15 bits per heavy atom. The summed E-state index contributed by atoms with van der Waals surface area (Å²) in [4.78, 5) is 19.0. The summed E-state index contributed by atoms with van der Waals surface area (Å²) >= 11 is 0. The molecule has 0 saturated heterocycles. The third-order valence-electron chi connectivity index (χ3n) is 5.17. The number of carbonyl (C=O) groups is 1. The van der Waals surface area contributed by atoms with E-state index in [1.54, 1.807) is 12.5 Å². The van der Waals surface area contributed by atoms with Crippen LogP contribution in [0.25, 0.3) is 11.3 Å². The van der Waals surface area contributed by atoms with Gasteiger partial charge in [0.15, 0.2) is 0 Å². The minimum absolute atomic E-state index is 0.0544. The molecule has 1 amide bonds. The van der Waals surface area contributed by atoms with Crippen LogP contribution in [0.4, 0.5) is 11.4 Å². The van der Waals surface area contributed by atoms with Crippen LogP contribution < -0.4 is 10.2 Å². The van der Waals surface area contributed by atoms with Gasteiger partial charge in [0.1, 0.15) is 0 Å². The van der Waals surface area contributed by atoms with Crippen molar-refractivity contribution in [3.8, 4) is 5.69 Å². The summed E-state index contributed by atoms with van der Waals surface area (Å²) in [5, 5.41) is 3.02. The van der Waals surface area contributed by atoms with E-state index >= 15 is 0 Å². The molecular formula is C28H32N4O. The second-order valence-corrected chi connectivity index (χ2v) is 8.28. The molecule has 5 nitrogen and oxygen atoms in total. The topological polar surface area (TPSA) is 50.2 Å². The van der Waals surface area contributed by atoms with Crippen LogP contribution >= 0.6 is 0 Å². The molecule has 1 aromatic heterocycles. The highest BCUT2D eigenvalue weighted by molar-refractivity contribution is 5.94. The minimum Gasteiger partial charge on any atom is -0.360 e. The maximum absolute atomic E-state index is 12.8. The molecule has 0 aliphatic rings. The zero-order chi connectivity index (χ0) is 23.8. The van der Waals surface area contributed by atoms with Gasteiger partial charge in [-0.25, -0.2) is 4.98 Å². The molecular weight excluding hydrogens is 408 g/mol. The van der Waals surface area contributed by atoms with Gasteiger partial charge in [0.2, 0.25) is 5.91 Å². The summed E-state index contributed by atoms with van der Waals surface area (Å²) in [5.74, 6) is -0.0544. The van der Waals surface area contributed by atoms with Crippen molar-refractivity contribution in [1.29, 1.82) is 0 Å². The van der Waals surface area contributed by atoms with Crippen LogP contribution in [-0.4, -0.2) is 28.0 Å². The maximum atomic E-state index is 12.8. The number of amides is 1. The zero-order valence-corrected chi connectivity index (χ0v) is 19.8. The Morgan fingerprint density at radius 2 is 1.85 bits per heavy atom. The Kier molecular flexibility index (Phi) is 8.03. The van der Waals surface area contributed by atoms with Gasteiger partial charge >= 0.3 is 0 Å². The first kappa shape index (κ1) is 23.8. The Labute approximate surface area is 196 Å². The fraction of sp³-hybridized carbons (Fsp3) is 0.214. The van der Waals surface area contributed by atoms with Gasteiger partial charge in [0.25, 0.3) is 0 Å². The van der Waals surface area contributed by atoms with E-state index in [9.17, 15) is 4.79 Å². The van der Waals surface area contributed by atoms with Crippen LogP contribution in [0.3, 0.4) is 0 Å². The Bertz CT molecular complexity index is 1120. The number of hydrogen-bond donors (Lipinski definition) is 1. The number of imidazole rings is 1. The first-order chi connectivity index (χ1) is 15.9. The number of anilines is 2. The monoisotopic (exact) mass is 440 g/mol. The predicted molar refractivity (Wildman–Crippen MR) is 139 cm³/mol. The molecule has 0 spiro atoms. The molecule has 1 heterocycles. The van der Waals surface area contributed by atoms with Gasteiger partial charge in [-0.3, -0.25) is 4.79 Å². The van der Waals surface area contributed by atoms with E-state index in [2.05, 4.69) is 41.7 Å². The summed E-state index contributed by atoms with van der Waals surface area (Å²) in [6, 6.07) is 16.2.